The molecule has 4 heterocycles. The maximum absolute atomic E-state index is 6.00. The van der Waals surface area contributed by atoms with Crippen molar-refractivity contribution in [2.24, 2.45) is 0 Å². The molecule has 1 saturated carbocycles. The smallest absolute Gasteiger partial charge is 0.227 e. The molecule has 9 nitrogen and oxygen atoms in total. The van der Waals surface area contributed by atoms with Crippen LogP contribution in [-0.4, -0.2) is 37.0 Å². The zero-order valence-corrected chi connectivity index (χ0v) is 19.7. The van der Waals surface area contributed by atoms with E-state index >= 15 is 0 Å². The second-order valence-electron chi connectivity index (χ2n) is 8.71. The van der Waals surface area contributed by atoms with Crippen molar-refractivity contribution in [3.8, 4) is 28.5 Å². The average Bonchev–Trinajstić information content (AvgIpc) is 3.78. The van der Waals surface area contributed by atoms with E-state index in [2.05, 4.69) is 49.5 Å². The summed E-state index contributed by atoms with van der Waals surface area (Å²) in [7, 11) is 1.60. The van der Waals surface area contributed by atoms with Gasteiger partial charge >= 0.3 is 0 Å². The summed E-state index contributed by atoms with van der Waals surface area (Å²) in [4.78, 5) is 27.2. The molecule has 0 spiro atoms. The summed E-state index contributed by atoms with van der Waals surface area (Å²) in [6.07, 6.45) is 7.16. The Balaban J connectivity index is 1.36. The third kappa shape index (κ3) is 4.26. The Labute approximate surface area is 207 Å². The van der Waals surface area contributed by atoms with E-state index in [-0.39, 0.29) is 0 Å². The van der Waals surface area contributed by atoms with Gasteiger partial charge in [-0.25, -0.2) is 24.9 Å². The van der Waals surface area contributed by atoms with Crippen LogP contribution in [0.2, 0.25) is 0 Å². The van der Waals surface area contributed by atoms with E-state index in [1.165, 1.54) is 6.33 Å². The number of anilines is 2. The Morgan fingerprint density at radius 3 is 2.61 bits per heavy atom. The lowest BCUT2D eigenvalue weighted by molar-refractivity contribution is 0.397. The van der Waals surface area contributed by atoms with Crippen LogP contribution in [0.5, 0.6) is 5.88 Å². The molecule has 0 atom stereocenters. The SMILES string of the molecule is COc1ncnc(C2CC2)c1-c1nc(NCc2ccc(-c3ccccn3)cc2)c2cc(N)ncc2n1. The fourth-order valence-corrected chi connectivity index (χ4v) is 4.22. The standard InChI is InChI=1S/C27H24N8O/c1-36-27-23(24(18-9-10-18)32-15-33-27)26-34-21-14-30-22(28)12-19(21)25(35-26)31-13-16-5-7-17(8-6-16)20-4-2-3-11-29-20/h2-8,11-12,14-15,18H,9-10,13H2,1H3,(H2,28,30)(H,31,34,35). The normalized spacial score (nSPS) is 13.0. The van der Waals surface area contributed by atoms with E-state index in [1.54, 1.807) is 25.6 Å². The van der Waals surface area contributed by atoms with E-state index in [4.69, 9.17) is 20.4 Å². The van der Waals surface area contributed by atoms with Gasteiger partial charge in [-0.05, 0) is 36.6 Å². The summed E-state index contributed by atoms with van der Waals surface area (Å²) in [5.74, 6) is 2.40. The summed E-state index contributed by atoms with van der Waals surface area (Å²) in [5.41, 5.74) is 11.4. The Morgan fingerprint density at radius 2 is 1.86 bits per heavy atom. The fraction of sp³-hybridized carbons (Fsp3) is 0.185. The molecule has 3 N–H and O–H groups in total. The minimum atomic E-state index is 0.370. The maximum atomic E-state index is 6.00. The summed E-state index contributed by atoms with van der Waals surface area (Å²) in [6.45, 7) is 0.564. The summed E-state index contributed by atoms with van der Waals surface area (Å²) in [6, 6.07) is 16.0. The van der Waals surface area contributed by atoms with Gasteiger partial charge in [-0.2, -0.15) is 0 Å². The highest BCUT2D eigenvalue weighted by Gasteiger charge is 2.31. The molecule has 36 heavy (non-hydrogen) atoms. The summed E-state index contributed by atoms with van der Waals surface area (Å²) >= 11 is 0. The lowest BCUT2D eigenvalue weighted by Gasteiger charge is -2.14. The van der Waals surface area contributed by atoms with Crippen LogP contribution >= 0.6 is 0 Å². The minimum Gasteiger partial charge on any atom is -0.480 e. The second kappa shape index (κ2) is 9.18. The van der Waals surface area contributed by atoms with Gasteiger partial charge < -0.3 is 15.8 Å². The van der Waals surface area contributed by atoms with Crippen molar-refractivity contribution in [1.82, 2.24) is 29.9 Å². The lowest BCUT2D eigenvalue weighted by Crippen LogP contribution is -2.07. The van der Waals surface area contributed by atoms with Gasteiger partial charge in [0.25, 0.3) is 0 Å². The summed E-state index contributed by atoms with van der Waals surface area (Å²) in [5, 5.41) is 4.26. The maximum Gasteiger partial charge on any atom is 0.227 e. The molecule has 0 saturated heterocycles. The van der Waals surface area contributed by atoms with Crippen molar-refractivity contribution in [3.63, 3.8) is 0 Å². The van der Waals surface area contributed by atoms with Crippen molar-refractivity contribution in [2.45, 2.75) is 25.3 Å². The molecule has 0 amide bonds. The Bertz CT molecular complexity index is 1540. The number of ether oxygens (including phenoxy) is 1. The van der Waals surface area contributed by atoms with Crippen molar-refractivity contribution in [1.29, 1.82) is 0 Å². The topological polar surface area (TPSA) is 125 Å². The van der Waals surface area contributed by atoms with E-state index in [9.17, 15) is 0 Å². The van der Waals surface area contributed by atoms with Crippen molar-refractivity contribution in [3.05, 3.63) is 78.5 Å². The van der Waals surface area contributed by atoms with Gasteiger partial charge in [0.1, 0.15) is 23.5 Å². The minimum absolute atomic E-state index is 0.370. The van der Waals surface area contributed by atoms with Crippen molar-refractivity contribution in [2.75, 3.05) is 18.2 Å². The van der Waals surface area contributed by atoms with Gasteiger partial charge in [-0.1, -0.05) is 30.3 Å². The third-order valence-electron chi connectivity index (χ3n) is 6.20. The molecule has 5 aromatic rings. The zero-order chi connectivity index (χ0) is 24.5. The van der Waals surface area contributed by atoms with Crippen LogP contribution < -0.4 is 15.8 Å². The van der Waals surface area contributed by atoms with Crippen LogP contribution in [0.1, 0.15) is 30.0 Å². The first-order valence-corrected chi connectivity index (χ1v) is 11.8. The molecule has 0 aliphatic heterocycles. The number of nitrogens with one attached hydrogen (secondary N) is 1. The van der Waals surface area contributed by atoms with Gasteiger partial charge in [-0.3, -0.25) is 4.98 Å². The first-order valence-electron chi connectivity index (χ1n) is 11.8. The molecular formula is C27H24N8O. The highest BCUT2D eigenvalue weighted by atomic mass is 16.5. The van der Waals surface area contributed by atoms with E-state index in [0.29, 0.717) is 41.3 Å². The molecule has 1 fully saturated rings. The molecule has 4 aromatic heterocycles. The highest BCUT2D eigenvalue weighted by Crippen LogP contribution is 2.45. The molecule has 0 unspecified atom stereocenters. The molecule has 0 radical (unpaired) electrons. The van der Waals surface area contributed by atoms with Crippen LogP contribution in [0.25, 0.3) is 33.5 Å². The van der Waals surface area contributed by atoms with E-state index in [0.717, 1.165) is 46.3 Å². The van der Waals surface area contributed by atoms with Crippen molar-refractivity contribution < 1.29 is 4.74 Å². The predicted molar refractivity (Wildman–Crippen MR) is 138 cm³/mol. The number of rotatable bonds is 7. The van der Waals surface area contributed by atoms with E-state index in [1.807, 2.05) is 18.2 Å². The first-order chi connectivity index (χ1) is 17.7. The van der Waals surface area contributed by atoms with Crippen LogP contribution in [0.3, 0.4) is 0 Å². The largest absolute Gasteiger partial charge is 0.480 e. The lowest BCUT2D eigenvalue weighted by atomic mass is 10.1. The molecule has 1 aliphatic rings. The number of nitrogens with zero attached hydrogens (tertiary/aromatic N) is 6. The number of pyridine rings is 2. The number of hydrogen-bond donors (Lipinski definition) is 2. The Hall–Kier alpha value is -4.66. The number of fused-ring (bicyclic) bond motifs is 1. The molecular weight excluding hydrogens is 452 g/mol. The van der Waals surface area contributed by atoms with Crippen LogP contribution in [0.4, 0.5) is 11.6 Å². The predicted octanol–water partition coefficient (Wildman–Crippen LogP) is 4.62. The first kappa shape index (κ1) is 21.8. The summed E-state index contributed by atoms with van der Waals surface area (Å²) < 4.78 is 5.57. The van der Waals surface area contributed by atoms with Gasteiger partial charge in [0.2, 0.25) is 5.88 Å². The molecule has 0 bridgehead atoms. The van der Waals surface area contributed by atoms with Crippen LogP contribution in [0.15, 0.2) is 67.3 Å². The number of methoxy groups -OCH3 is 1. The number of benzene rings is 1. The number of aromatic nitrogens is 6. The van der Waals surface area contributed by atoms with Gasteiger partial charge in [-0.15, -0.1) is 0 Å². The molecule has 1 aromatic carbocycles. The van der Waals surface area contributed by atoms with Gasteiger partial charge in [0, 0.05) is 29.6 Å². The van der Waals surface area contributed by atoms with Gasteiger partial charge in [0.05, 0.1) is 30.2 Å². The monoisotopic (exact) mass is 476 g/mol. The molecule has 9 heteroatoms. The van der Waals surface area contributed by atoms with Gasteiger partial charge in [0.15, 0.2) is 5.82 Å². The Kier molecular flexibility index (Phi) is 5.57. The quantitative estimate of drug-likeness (QED) is 0.346. The van der Waals surface area contributed by atoms with Crippen LogP contribution in [-0.2, 0) is 6.54 Å². The number of hydrogen-bond acceptors (Lipinski definition) is 9. The Morgan fingerprint density at radius 1 is 1.00 bits per heavy atom. The number of nitrogens with two attached hydrogens (primary N) is 1. The molecule has 1 aliphatic carbocycles. The average molecular weight is 477 g/mol. The van der Waals surface area contributed by atoms with Crippen LogP contribution in [0, 0.1) is 0 Å². The fourth-order valence-electron chi connectivity index (χ4n) is 4.22. The molecule has 178 valence electrons. The highest BCUT2D eigenvalue weighted by molar-refractivity contribution is 5.92. The third-order valence-corrected chi connectivity index (χ3v) is 6.20. The zero-order valence-electron chi connectivity index (χ0n) is 19.7. The second-order valence-corrected chi connectivity index (χ2v) is 8.71. The van der Waals surface area contributed by atoms with Crippen molar-refractivity contribution >= 4 is 22.5 Å². The number of nitrogen functional groups attached to an aromatic ring is 1. The van der Waals surface area contributed by atoms with E-state index < -0.39 is 0 Å². The molecule has 6 rings (SSSR count).